The monoisotopic (exact) mass is 174 g/mol. The molecule has 0 radical (unpaired) electrons. The maximum absolute atomic E-state index is 10.6. The van der Waals surface area contributed by atoms with Crippen LogP contribution in [0.3, 0.4) is 0 Å². The number of hydrogen-bond donors (Lipinski definition) is 0. The number of carbonyl (C=O) groups excluding carboxylic acids is 1. The second-order valence-corrected chi connectivity index (χ2v) is 3.17. The van der Waals surface area contributed by atoms with Gasteiger partial charge in [-0.2, -0.15) is 0 Å². The van der Waals surface area contributed by atoms with E-state index in [1.165, 1.54) is 0 Å². The van der Waals surface area contributed by atoms with Gasteiger partial charge < -0.3 is 4.79 Å². The summed E-state index contributed by atoms with van der Waals surface area (Å²) in [7, 11) is 0. The van der Waals surface area contributed by atoms with Gasteiger partial charge in [-0.25, -0.2) is 0 Å². The largest absolute Gasteiger partial charge is 0.303 e. The van der Waals surface area contributed by atoms with Gasteiger partial charge in [0.2, 0.25) is 0 Å². The standard InChI is InChI=1S/C12H14O/c1-3-12(10(2)9-13)11-7-5-4-6-8-11/h3-10,12H,1H2,2H3/t10-,12-/m0/s1. The van der Waals surface area contributed by atoms with E-state index in [4.69, 9.17) is 0 Å². The van der Waals surface area contributed by atoms with E-state index in [9.17, 15) is 4.79 Å². The molecule has 0 heterocycles. The van der Waals surface area contributed by atoms with E-state index < -0.39 is 0 Å². The average molecular weight is 174 g/mol. The van der Waals surface area contributed by atoms with Crippen LogP contribution in [0.1, 0.15) is 18.4 Å². The lowest BCUT2D eigenvalue weighted by atomic mass is 9.88. The first-order valence-corrected chi connectivity index (χ1v) is 4.42. The average Bonchev–Trinajstić information content (AvgIpc) is 2.20. The Morgan fingerprint density at radius 3 is 2.38 bits per heavy atom. The summed E-state index contributed by atoms with van der Waals surface area (Å²) in [5, 5.41) is 0. The fourth-order valence-electron chi connectivity index (χ4n) is 1.41. The van der Waals surface area contributed by atoms with Crippen molar-refractivity contribution in [2.75, 3.05) is 0 Å². The second kappa shape index (κ2) is 4.61. The van der Waals surface area contributed by atoms with E-state index in [2.05, 4.69) is 6.58 Å². The predicted octanol–water partition coefficient (Wildman–Crippen LogP) is 2.79. The lowest BCUT2D eigenvalue weighted by Crippen LogP contribution is -2.08. The van der Waals surface area contributed by atoms with Crippen LogP contribution in [0, 0.1) is 5.92 Å². The van der Waals surface area contributed by atoms with Crippen LogP contribution in [0.2, 0.25) is 0 Å². The molecular formula is C12H14O. The van der Waals surface area contributed by atoms with Gasteiger partial charge in [-0.05, 0) is 5.56 Å². The van der Waals surface area contributed by atoms with Gasteiger partial charge in [0.1, 0.15) is 6.29 Å². The van der Waals surface area contributed by atoms with Gasteiger partial charge in [0.05, 0.1) is 0 Å². The van der Waals surface area contributed by atoms with E-state index in [1.807, 2.05) is 43.3 Å². The molecule has 1 aromatic carbocycles. The van der Waals surface area contributed by atoms with Crippen LogP contribution in [0.15, 0.2) is 43.0 Å². The van der Waals surface area contributed by atoms with Gasteiger partial charge in [-0.15, -0.1) is 6.58 Å². The highest BCUT2D eigenvalue weighted by molar-refractivity contribution is 5.56. The molecule has 0 fully saturated rings. The Balaban J connectivity index is 2.90. The van der Waals surface area contributed by atoms with Gasteiger partial charge in [0, 0.05) is 11.8 Å². The maximum Gasteiger partial charge on any atom is 0.123 e. The quantitative estimate of drug-likeness (QED) is 0.506. The number of rotatable bonds is 4. The zero-order chi connectivity index (χ0) is 9.68. The molecule has 13 heavy (non-hydrogen) atoms. The second-order valence-electron chi connectivity index (χ2n) is 3.17. The van der Waals surface area contributed by atoms with Gasteiger partial charge in [0.25, 0.3) is 0 Å². The van der Waals surface area contributed by atoms with Crippen molar-refractivity contribution < 1.29 is 4.79 Å². The molecule has 1 aromatic rings. The number of allylic oxidation sites excluding steroid dienone is 1. The number of carbonyl (C=O) groups is 1. The summed E-state index contributed by atoms with van der Waals surface area (Å²) in [6.07, 6.45) is 2.80. The summed E-state index contributed by atoms with van der Waals surface area (Å²) in [6, 6.07) is 9.96. The molecule has 2 atom stereocenters. The first kappa shape index (κ1) is 9.72. The molecule has 68 valence electrons. The van der Waals surface area contributed by atoms with E-state index in [0.717, 1.165) is 11.8 Å². The van der Waals surface area contributed by atoms with E-state index in [0.29, 0.717) is 0 Å². The minimum atomic E-state index is -0.0000926. The molecule has 0 aliphatic rings. The summed E-state index contributed by atoms with van der Waals surface area (Å²) in [5.41, 5.74) is 1.15. The predicted molar refractivity (Wildman–Crippen MR) is 54.6 cm³/mol. The lowest BCUT2D eigenvalue weighted by molar-refractivity contribution is -0.110. The molecule has 0 unspecified atom stereocenters. The van der Waals surface area contributed by atoms with Crippen molar-refractivity contribution in [2.24, 2.45) is 5.92 Å². The summed E-state index contributed by atoms with van der Waals surface area (Å²) < 4.78 is 0. The van der Waals surface area contributed by atoms with Gasteiger partial charge in [-0.3, -0.25) is 0 Å². The van der Waals surface area contributed by atoms with Crippen molar-refractivity contribution >= 4 is 6.29 Å². The van der Waals surface area contributed by atoms with Crippen LogP contribution in [0.4, 0.5) is 0 Å². The Morgan fingerprint density at radius 2 is 1.92 bits per heavy atom. The van der Waals surface area contributed by atoms with E-state index in [-0.39, 0.29) is 11.8 Å². The Morgan fingerprint density at radius 1 is 1.31 bits per heavy atom. The van der Waals surface area contributed by atoms with Crippen LogP contribution in [-0.4, -0.2) is 6.29 Å². The minimum Gasteiger partial charge on any atom is -0.303 e. The SMILES string of the molecule is C=C[C@H](c1ccccc1)[C@@H](C)C=O. The van der Waals surface area contributed by atoms with Crippen LogP contribution < -0.4 is 0 Å². The number of aldehydes is 1. The molecule has 0 aliphatic heterocycles. The Labute approximate surface area is 79.1 Å². The first-order chi connectivity index (χ1) is 6.29. The van der Waals surface area contributed by atoms with Crippen molar-refractivity contribution in [1.29, 1.82) is 0 Å². The molecule has 0 aliphatic carbocycles. The van der Waals surface area contributed by atoms with Crippen molar-refractivity contribution in [1.82, 2.24) is 0 Å². The molecule has 0 saturated carbocycles. The molecule has 0 amide bonds. The third kappa shape index (κ3) is 2.28. The zero-order valence-electron chi connectivity index (χ0n) is 7.81. The minimum absolute atomic E-state index is 0.0000926. The van der Waals surface area contributed by atoms with Crippen LogP contribution in [0.25, 0.3) is 0 Å². The van der Waals surface area contributed by atoms with Crippen molar-refractivity contribution in [3.8, 4) is 0 Å². The third-order valence-electron chi connectivity index (χ3n) is 2.22. The van der Waals surface area contributed by atoms with Crippen molar-refractivity contribution in [2.45, 2.75) is 12.8 Å². The Bertz CT molecular complexity index is 276. The Hall–Kier alpha value is -1.37. The van der Waals surface area contributed by atoms with E-state index >= 15 is 0 Å². The number of benzene rings is 1. The molecule has 0 bridgehead atoms. The normalized spacial score (nSPS) is 14.5. The highest BCUT2D eigenvalue weighted by atomic mass is 16.1. The summed E-state index contributed by atoms with van der Waals surface area (Å²) in [4.78, 5) is 10.6. The van der Waals surface area contributed by atoms with E-state index in [1.54, 1.807) is 0 Å². The van der Waals surface area contributed by atoms with Gasteiger partial charge in [-0.1, -0.05) is 43.3 Å². The molecule has 0 saturated heterocycles. The highest BCUT2D eigenvalue weighted by Crippen LogP contribution is 2.23. The topological polar surface area (TPSA) is 17.1 Å². The fourth-order valence-corrected chi connectivity index (χ4v) is 1.41. The molecule has 1 nitrogen and oxygen atoms in total. The van der Waals surface area contributed by atoms with Crippen molar-refractivity contribution in [3.63, 3.8) is 0 Å². The smallest absolute Gasteiger partial charge is 0.123 e. The molecular weight excluding hydrogens is 160 g/mol. The Kier molecular flexibility index (Phi) is 3.44. The van der Waals surface area contributed by atoms with Gasteiger partial charge >= 0.3 is 0 Å². The molecule has 0 N–H and O–H groups in total. The van der Waals surface area contributed by atoms with Crippen molar-refractivity contribution in [3.05, 3.63) is 48.6 Å². The third-order valence-corrected chi connectivity index (χ3v) is 2.22. The molecule has 1 rings (SSSR count). The summed E-state index contributed by atoms with van der Waals surface area (Å²) in [5.74, 6) is 0.138. The highest BCUT2D eigenvalue weighted by Gasteiger charge is 2.14. The lowest BCUT2D eigenvalue weighted by Gasteiger charge is -2.15. The maximum atomic E-state index is 10.6. The van der Waals surface area contributed by atoms with Crippen LogP contribution in [0.5, 0.6) is 0 Å². The molecule has 1 heteroatoms. The van der Waals surface area contributed by atoms with Crippen LogP contribution >= 0.6 is 0 Å². The first-order valence-electron chi connectivity index (χ1n) is 4.42. The number of hydrogen-bond acceptors (Lipinski definition) is 1. The summed E-state index contributed by atoms with van der Waals surface area (Å²) in [6.45, 7) is 5.66. The molecule has 0 spiro atoms. The van der Waals surface area contributed by atoms with Gasteiger partial charge in [0.15, 0.2) is 0 Å². The zero-order valence-corrected chi connectivity index (χ0v) is 7.81. The fraction of sp³-hybridized carbons (Fsp3) is 0.250. The summed E-state index contributed by atoms with van der Waals surface area (Å²) >= 11 is 0. The van der Waals surface area contributed by atoms with Crippen LogP contribution in [-0.2, 0) is 4.79 Å². The molecule has 0 aromatic heterocycles.